The summed E-state index contributed by atoms with van der Waals surface area (Å²) in [6, 6.07) is 7.44. The van der Waals surface area contributed by atoms with Gasteiger partial charge in [0.2, 0.25) is 0 Å². The Hall–Kier alpha value is -1.73. The van der Waals surface area contributed by atoms with Crippen molar-refractivity contribution < 1.29 is 38.9 Å². The van der Waals surface area contributed by atoms with Gasteiger partial charge in [0.15, 0.2) is 11.9 Å². The first-order chi connectivity index (χ1) is 9.74. The number of carboxylic acids is 2. The molecular formula is C12H15O8P. The van der Waals surface area contributed by atoms with E-state index in [4.69, 9.17) is 10.2 Å². The molecule has 0 amide bonds. The van der Waals surface area contributed by atoms with Gasteiger partial charge in [-0.15, -0.1) is 0 Å². The van der Waals surface area contributed by atoms with E-state index < -0.39 is 44.3 Å². The number of hydrogen-bond acceptors (Lipinski definition) is 5. The third-order valence-electron chi connectivity index (χ3n) is 2.58. The number of aliphatic hydroxyl groups is 1. The molecule has 0 spiro atoms. The maximum absolute atomic E-state index is 11.9. The Balaban J connectivity index is 2.83. The van der Waals surface area contributed by atoms with E-state index in [9.17, 15) is 24.2 Å². The standard InChI is InChI=1S/C12H15O8P/c13-10(14)7-6-9(11(15)16)20-21(18,19)12(17)8-4-2-1-3-5-8/h1-5,9,12,17H,6-7H2,(H,13,14)(H,15,16)(H,18,19). The minimum atomic E-state index is -4.69. The zero-order valence-corrected chi connectivity index (χ0v) is 11.7. The Morgan fingerprint density at radius 3 is 2.24 bits per heavy atom. The summed E-state index contributed by atoms with van der Waals surface area (Å²) in [5, 5.41) is 27.2. The highest BCUT2D eigenvalue weighted by molar-refractivity contribution is 7.53. The minimum absolute atomic E-state index is 0.0886. The first kappa shape index (κ1) is 17.3. The predicted molar refractivity (Wildman–Crippen MR) is 70.6 cm³/mol. The second kappa shape index (κ2) is 7.33. The van der Waals surface area contributed by atoms with Crippen molar-refractivity contribution in [3.05, 3.63) is 35.9 Å². The van der Waals surface area contributed by atoms with Crippen LogP contribution in [0.2, 0.25) is 0 Å². The van der Waals surface area contributed by atoms with Crippen LogP contribution in [0, 0.1) is 0 Å². The van der Waals surface area contributed by atoms with Gasteiger partial charge < -0.3 is 20.2 Å². The van der Waals surface area contributed by atoms with Crippen molar-refractivity contribution in [3.8, 4) is 0 Å². The van der Waals surface area contributed by atoms with Crippen molar-refractivity contribution in [2.45, 2.75) is 24.8 Å². The predicted octanol–water partition coefficient (Wildman–Crippen LogP) is 1.20. The topological polar surface area (TPSA) is 141 Å². The highest BCUT2D eigenvalue weighted by atomic mass is 31.2. The monoisotopic (exact) mass is 318 g/mol. The fourth-order valence-electron chi connectivity index (χ4n) is 1.53. The molecule has 1 rings (SSSR count). The van der Waals surface area contributed by atoms with Crippen molar-refractivity contribution in [2.24, 2.45) is 0 Å². The van der Waals surface area contributed by atoms with Crippen LogP contribution in [0.25, 0.3) is 0 Å². The summed E-state index contributed by atoms with van der Waals surface area (Å²) >= 11 is 0. The highest BCUT2D eigenvalue weighted by Crippen LogP contribution is 2.56. The Bertz CT molecular complexity index is 543. The average Bonchev–Trinajstić information content (AvgIpc) is 2.43. The minimum Gasteiger partial charge on any atom is -0.481 e. The Labute approximate surface area is 120 Å². The number of rotatable bonds is 8. The van der Waals surface area contributed by atoms with Crippen molar-refractivity contribution in [1.82, 2.24) is 0 Å². The molecule has 0 bridgehead atoms. The van der Waals surface area contributed by atoms with Gasteiger partial charge in [0.1, 0.15) is 0 Å². The van der Waals surface area contributed by atoms with Gasteiger partial charge in [-0.05, 0) is 12.0 Å². The van der Waals surface area contributed by atoms with Crippen LogP contribution in [-0.4, -0.2) is 38.3 Å². The molecule has 0 heterocycles. The number of benzene rings is 1. The summed E-state index contributed by atoms with van der Waals surface area (Å²) in [5.41, 5.74) is 0.0886. The van der Waals surface area contributed by atoms with Crippen molar-refractivity contribution in [2.75, 3.05) is 0 Å². The number of carboxylic acid groups (broad SMARTS) is 2. The summed E-state index contributed by atoms with van der Waals surface area (Å²) in [6.07, 6.45) is -2.83. The summed E-state index contributed by atoms with van der Waals surface area (Å²) in [4.78, 5) is 31.0. The van der Waals surface area contributed by atoms with E-state index in [0.717, 1.165) is 0 Å². The van der Waals surface area contributed by atoms with Gasteiger partial charge in [0, 0.05) is 6.42 Å². The molecule has 1 aromatic carbocycles. The van der Waals surface area contributed by atoms with Crippen molar-refractivity contribution in [1.29, 1.82) is 0 Å². The first-order valence-corrected chi connectivity index (χ1v) is 7.57. The van der Waals surface area contributed by atoms with E-state index in [1.165, 1.54) is 24.3 Å². The molecule has 3 unspecified atom stereocenters. The van der Waals surface area contributed by atoms with Gasteiger partial charge in [-0.2, -0.15) is 0 Å². The molecule has 0 fully saturated rings. The lowest BCUT2D eigenvalue weighted by Crippen LogP contribution is -2.24. The van der Waals surface area contributed by atoms with E-state index in [1.807, 2.05) is 0 Å². The number of aliphatic carboxylic acids is 2. The summed E-state index contributed by atoms with van der Waals surface area (Å²) < 4.78 is 16.5. The largest absolute Gasteiger partial charge is 0.481 e. The van der Waals surface area contributed by atoms with Crippen LogP contribution >= 0.6 is 7.60 Å². The van der Waals surface area contributed by atoms with Gasteiger partial charge in [0.25, 0.3) is 0 Å². The molecule has 0 aromatic heterocycles. The highest BCUT2D eigenvalue weighted by Gasteiger charge is 2.37. The molecule has 4 N–H and O–H groups in total. The molecule has 116 valence electrons. The fourth-order valence-corrected chi connectivity index (χ4v) is 2.75. The summed E-state index contributed by atoms with van der Waals surface area (Å²) in [7, 11) is -4.69. The molecule has 3 atom stereocenters. The molecule has 0 aliphatic carbocycles. The molecule has 0 saturated carbocycles. The second-order valence-electron chi connectivity index (χ2n) is 4.21. The van der Waals surface area contributed by atoms with E-state index in [1.54, 1.807) is 6.07 Å². The number of aliphatic hydroxyl groups excluding tert-OH is 1. The second-order valence-corrected chi connectivity index (χ2v) is 6.04. The molecule has 0 aliphatic heterocycles. The Morgan fingerprint density at radius 2 is 1.76 bits per heavy atom. The average molecular weight is 318 g/mol. The smallest absolute Gasteiger partial charge is 0.361 e. The molecular weight excluding hydrogens is 303 g/mol. The van der Waals surface area contributed by atoms with Gasteiger partial charge in [-0.3, -0.25) is 13.9 Å². The third kappa shape index (κ3) is 5.28. The number of hydrogen-bond donors (Lipinski definition) is 4. The zero-order valence-electron chi connectivity index (χ0n) is 10.8. The molecule has 9 heteroatoms. The maximum atomic E-state index is 11.9. The Kier molecular flexibility index (Phi) is 6.04. The summed E-state index contributed by atoms with van der Waals surface area (Å²) in [5.74, 6) is -4.75. The number of carbonyl (C=O) groups is 2. The van der Waals surface area contributed by atoms with Gasteiger partial charge in [-0.1, -0.05) is 30.3 Å². The molecule has 8 nitrogen and oxygen atoms in total. The lowest BCUT2D eigenvalue weighted by Gasteiger charge is -2.21. The van der Waals surface area contributed by atoms with Crippen molar-refractivity contribution >= 4 is 19.5 Å². The quantitative estimate of drug-likeness (QED) is 0.524. The van der Waals surface area contributed by atoms with E-state index >= 15 is 0 Å². The van der Waals surface area contributed by atoms with Gasteiger partial charge in [0.05, 0.1) is 0 Å². The van der Waals surface area contributed by atoms with Crippen LogP contribution in [0.1, 0.15) is 24.3 Å². The maximum Gasteiger partial charge on any atom is 0.361 e. The molecule has 21 heavy (non-hydrogen) atoms. The molecule has 1 aromatic rings. The van der Waals surface area contributed by atoms with Crippen LogP contribution in [0.4, 0.5) is 0 Å². The van der Waals surface area contributed by atoms with E-state index in [2.05, 4.69) is 4.52 Å². The van der Waals surface area contributed by atoms with Crippen LogP contribution in [0.15, 0.2) is 30.3 Å². The Morgan fingerprint density at radius 1 is 1.19 bits per heavy atom. The lowest BCUT2D eigenvalue weighted by atomic mass is 10.2. The van der Waals surface area contributed by atoms with Crippen molar-refractivity contribution in [3.63, 3.8) is 0 Å². The van der Waals surface area contributed by atoms with E-state index in [0.29, 0.717) is 0 Å². The van der Waals surface area contributed by atoms with Crippen LogP contribution in [-0.2, 0) is 18.7 Å². The zero-order chi connectivity index (χ0) is 16.0. The lowest BCUT2D eigenvalue weighted by molar-refractivity contribution is -0.146. The SMILES string of the molecule is O=C(O)CCC(OP(=O)(O)C(O)c1ccccc1)C(=O)O. The van der Waals surface area contributed by atoms with Crippen LogP contribution < -0.4 is 0 Å². The third-order valence-corrected chi connectivity index (χ3v) is 4.05. The first-order valence-electron chi connectivity index (χ1n) is 5.92. The van der Waals surface area contributed by atoms with E-state index in [-0.39, 0.29) is 5.56 Å². The van der Waals surface area contributed by atoms with Gasteiger partial charge >= 0.3 is 19.5 Å². The summed E-state index contributed by atoms with van der Waals surface area (Å²) in [6.45, 7) is 0. The molecule has 0 aliphatic rings. The fraction of sp³-hybridized carbons (Fsp3) is 0.333. The molecule has 0 radical (unpaired) electrons. The normalized spacial score (nSPS) is 16.7. The molecule has 0 saturated heterocycles. The van der Waals surface area contributed by atoms with Crippen LogP contribution in [0.5, 0.6) is 0 Å². The van der Waals surface area contributed by atoms with Crippen LogP contribution in [0.3, 0.4) is 0 Å². The van der Waals surface area contributed by atoms with Gasteiger partial charge in [-0.25, -0.2) is 4.79 Å².